The van der Waals surface area contributed by atoms with Crippen LogP contribution in [0.3, 0.4) is 0 Å². The molecule has 0 saturated heterocycles. The first-order valence-corrected chi connectivity index (χ1v) is 10.9. The maximum absolute atomic E-state index is 13.2. The normalized spacial score (nSPS) is 11.4. The summed E-state index contributed by atoms with van der Waals surface area (Å²) < 4.78 is 41.0. The number of pyridine rings is 1. The topological polar surface area (TPSA) is 98.7 Å². The van der Waals surface area contributed by atoms with Crippen molar-refractivity contribution in [2.45, 2.75) is 32.0 Å². The predicted molar refractivity (Wildman–Crippen MR) is 126 cm³/mol. The van der Waals surface area contributed by atoms with E-state index in [1.807, 2.05) is 18.2 Å². The Morgan fingerprint density at radius 2 is 1.86 bits per heavy atom. The minimum Gasteiger partial charge on any atom is -0.397 e. The number of nitrogen functional groups attached to an aromatic ring is 1. The van der Waals surface area contributed by atoms with Crippen LogP contribution in [0, 0.1) is 0 Å². The van der Waals surface area contributed by atoms with Crippen LogP contribution in [0.5, 0.6) is 0 Å². The molecule has 2 heterocycles. The molecule has 0 aliphatic heterocycles. The van der Waals surface area contributed by atoms with Crippen LogP contribution in [-0.2, 0) is 30.4 Å². The average Bonchev–Trinajstić information content (AvgIpc) is 3.31. The lowest BCUT2D eigenvalue weighted by Gasteiger charge is -2.12. The zero-order chi connectivity index (χ0) is 24.8. The summed E-state index contributed by atoms with van der Waals surface area (Å²) >= 11 is 0. The molecule has 0 aliphatic rings. The number of aromatic nitrogens is 4. The molecule has 2 aromatic heterocycles. The molecule has 0 saturated carbocycles. The third-order valence-corrected chi connectivity index (χ3v) is 5.45. The van der Waals surface area contributed by atoms with Gasteiger partial charge >= 0.3 is 6.18 Å². The van der Waals surface area contributed by atoms with Crippen LogP contribution in [0.4, 0.5) is 24.5 Å². The summed E-state index contributed by atoms with van der Waals surface area (Å²) in [5.74, 6) is -0.242. The number of carbonyl (C=O) groups is 1. The molecule has 0 fully saturated rings. The van der Waals surface area contributed by atoms with Gasteiger partial charge in [-0.1, -0.05) is 35.5 Å². The minimum atomic E-state index is -4.40. The molecule has 10 heteroatoms. The van der Waals surface area contributed by atoms with E-state index < -0.39 is 11.7 Å². The first kappa shape index (κ1) is 23.9. The molecule has 0 unspecified atom stereocenters. The first-order valence-electron chi connectivity index (χ1n) is 10.9. The fourth-order valence-corrected chi connectivity index (χ4v) is 3.64. The molecule has 3 N–H and O–H groups in total. The standard InChI is InChI=1S/C25H23F3N6O/c26-25(27,28)21-6-2-1-4-17(21)11-13-34-16-20(32-33-34)8-10-24(35)31-23-14-18(7-9-22(23)29)19-5-3-12-30-15-19/h1-7,9,12,14-16H,8,10-11,13,29H2,(H,31,35). The van der Waals surface area contributed by atoms with Crippen molar-refractivity contribution in [3.8, 4) is 11.1 Å². The number of alkyl halides is 3. The SMILES string of the molecule is Nc1ccc(-c2cccnc2)cc1NC(=O)CCc1cn(CCc2ccccc2C(F)(F)F)nn1. The van der Waals surface area contributed by atoms with E-state index in [1.54, 1.807) is 36.8 Å². The highest BCUT2D eigenvalue weighted by atomic mass is 19.4. The number of aryl methyl sites for hydroxylation is 3. The Morgan fingerprint density at radius 3 is 2.63 bits per heavy atom. The highest BCUT2D eigenvalue weighted by molar-refractivity contribution is 5.95. The van der Waals surface area contributed by atoms with Crippen molar-refractivity contribution in [2.75, 3.05) is 11.1 Å². The molecule has 0 bridgehead atoms. The van der Waals surface area contributed by atoms with Gasteiger partial charge < -0.3 is 11.1 Å². The van der Waals surface area contributed by atoms with Crippen molar-refractivity contribution in [1.29, 1.82) is 0 Å². The Bertz CT molecular complexity index is 1300. The second kappa shape index (κ2) is 10.4. The summed E-state index contributed by atoms with van der Waals surface area (Å²) in [4.78, 5) is 16.6. The van der Waals surface area contributed by atoms with Gasteiger partial charge in [-0.3, -0.25) is 14.5 Å². The van der Waals surface area contributed by atoms with Gasteiger partial charge in [0.2, 0.25) is 5.91 Å². The summed E-state index contributed by atoms with van der Waals surface area (Å²) in [6, 6.07) is 14.6. The Kier molecular flexibility index (Phi) is 7.09. The maximum Gasteiger partial charge on any atom is 0.416 e. The van der Waals surface area contributed by atoms with Crippen LogP contribution in [0.15, 0.2) is 73.2 Å². The molecule has 2 aromatic carbocycles. The molecule has 7 nitrogen and oxygen atoms in total. The number of amides is 1. The molecular weight excluding hydrogens is 457 g/mol. The van der Waals surface area contributed by atoms with Crippen molar-refractivity contribution in [1.82, 2.24) is 20.0 Å². The second-order valence-corrected chi connectivity index (χ2v) is 7.97. The molecule has 4 aromatic rings. The number of halogens is 3. The maximum atomic E-state index is 13.2. The second-order valence-electron chi connectivity index (χ2n) is 7.97. The van der Waals surface area contributed by atoms with E-state index in [1.165, 1.54) is 16.8 Å². The fourth-order valence-electron chi connectivity index (χ4n) is 3.64. The minimum absolute atomic E-state index is 0.145. The van der Waals surface area contributed by atoms with Crippen molar-refractivity contribution in [3.63, 3.8) is 0 Å². The van der Waals surface area contributed by atoms with Gasteiger partial charge in [-0.05, 0) is 41.8 Å². The number of hydrogen-bond donors (Lipinski definition) is 2. The van der Waals surface area contributed by atoms with Gasteiger partial charge in [0.05, 0.1) is 22.6 Å². The predicted octanol–water partition coefficient (Wildman–Crippen LogP) is 4.76. The van der Waals surface area contributed by atoms with Crippen LogP contribution < -0.4 is 11.1 Å². The van der Waals surface area contributed by atoms with Gasteiger partial charge in [0.25, 0.3) is 0 Å². The van der Waals surface area contributed by atoms with E-state index in [4.69, 9.17) is 5.73 Å². The summed E-state index contributed by atoms with van der Waals surface area (Å²) in [6.45, 7) is 0.240. The van der Waals surface area contributed by atoms with Gasteiger partial charge in [0.1, 0.15) is 0 Å². The molecule has 0 radical (unpaired) electrons. The fraction of sp³-hybridized carbons (Fsp3) is 0.200. The number of nitrogens with one attached hydrogen (secondary N) is 1. The van der Waals surface area contributed by atoms with E-state index in [-0.39, 0.29) is 30.9 Å². The smallest absolute Gasteiger partial charge is 0.397 e. The molecule has 180 valence electrons. The Morgan fingerprint density at radius 1 is 1.03 bits per heavy atom. The number of hydrogen-bond acceptors (Lipinski definition) is 5. The molecule has 4 rings (SSSR count). The number of anilines is 2. The van der Waals surface area contributed by atoms with Crippen LogP contribution >= 0.6 is 0 Å². The number of nitrogens with two attached hydrogens (primary N) is 1. The van der Waals surface area contributed by atoms with Gasteiger partial charge in [-0.15, -0.1) is 5.10 Å². The first-order chi connectivity index (χ1) is 16.8. The molecular formula is C25H23F3N6O. The lowest BCUT2D eigenvalue weighted by atomic mass is 10.0. The van der Waals surface area contributed by atoms with E-state index >= 15 is 0 Å². The number of carbonyl (C=O) groups excluding carboxylic acids is 1. The lowest BCUT2D eigenvalue weighted by molar-refractivity contribution is -0.138. The van der Waals surface area contributed by atoms with Gasteiger partial charge in [0, 0.05) is 43.5 Å². The summed E-state index contributed by atoms with van der Waals surface area (Å²) in [7, 11) is 0. The number of nitrogens with zero attached hydrogens (tertiary/aromatic N) is 4. The number of rotatable bonds is 8. The lowest BCUT2D eigenvalue weighted by Crippen LogP contribution is -2.13. The van der Waals surface area contributed by atoms with E-state index in [0.29, 0.717) is 23.5 Å². The third-order valence-electron chi connectivity index (χ3n) is 5.45. The highest BCUT2D eigenvalue weighted by Crippen LogP contribution is 2.32. The van der Waals surface area contributed by atoms with E-state index in [0.717, 1.165) is 17.2 Å². The molecule has 35 heavy (non-hydrogen) atoms. The van der Waals surface area contributed by atoms with Gasteiger partial charge in [0.15, 0.2) is 0 Å². The zero-order valence-electron chi connectivity index (χ0n) is 18.7. The Balaban J connectivity index is 1.32. The number of benzene rings is 2. The highest BCUT2D eigenvalue weighted by Gasteiger charge is 2.32. The molecule has 1 amide bonds. The molecule has 0 aliphatic carbocycles. The summed E-state index contributed by atoms with van der Waals surface area (Å²) in [5, 5.41) is 10.8. The summed E-state index contributed by atoms with van der Waals surface area (Å²) in [5.41, 5.74) is 8.85. The van der Waals surface area contributed by atoms with Gasteiger partial charge in [-0.25, -0.2) is 0 Å². The monoisotopic (exact) mass is 480 g/mol. The van der Waals surface area contributed by atoms with Crippen molar-refractivity contribution in [2.24, 2.45) is 0 Å². The Labute approximate surface area is 199 Å². The van der Waals surface area contributed by atoms with Crippen molar-refractivity contribution < 1.29 is 18.0 Å². The van der Waals surface area contributed by atoms with Crippen LogP contribution in [0.1, 0.15) is 23.2 Å². The van der Waals surface area contributed by atoms with E-state index in [2.05, 4.69) is 20.6 Å². The van der Waals surface area contributed by atoms with Crippen molar-refractivity contribution >= 4 is 17.3 Å². The third kappa shape index (κ3) is 6.23. The summed E-state index contributed by atoms with van der Waals surface area (Å²) in [6.07, 6.45) is 1.27. The quantitative estimate of drug-likeness (QED) is 0.355. The Hall–Kier alpha value is -4.21. The molecule has 0 spiro atoms. The molecule has 0 atom stereocenters. The van der Waals surface area contributed by atoms with Gasteiger partial charge in [-0.2, -0.15) is 13.2 Å². The average molecular weight is 480 g/mol. The van der Waals surface area contributed by atoms with Crippen LogP contribution in [0.2, 0.25) is 0 Å². The largest absolute Gasteiger partial charge is 0.416 e. The van der Waals surface area contributed by atoms with Crippen LogP contribution in [0.25, 0.3) is 11.1 Å². The van der Waals surface area contributed by atoms with Crippen LogP contribution in [-0.4, -0.2) is 25.9 Å². The zero-order valence-corrected chi connectivity index (χ0v) is 18.7. The van der Waals surface area contributed by atoms with E-state index in [9.17, 15) is 18.0 Å². The van der Waals surface area contributed by atoms with Crippen molar-refractivity contribution in [3.05, 3.63) is 90.0 Å².